The van der Waals surface area contributed by atoms with Gasteiger partial charge in [0.25, 0.3) is 0 Å². The van der Waals surface area contributed by atoms with Crippen LogP contribution < -0.4 is 19.7 Å². The Kier molecular flexibility index (Phi) is 6.71. The standard InChI is InChI=1S/C25H34N6O3/c1-4-5-12-34-22-14-20-18(13-21(22)33-3)24(27-23-15-19(29-30-23)16-6-7-16)28-25(26-20)31-10-8-17(32-2)9-11-31/h13-17H,4-12H2,1-3H3,(H2,26,27,28,29,30). The average Bonchev–Trinajstić information content (AvgIpc) is 3.62. The molecule has 0 spiro atoms. The fraction of sp³-hybridized carbons (Fsp3) is 0.560. The monoisotopic (exact) mass is 466 g/mol. The summed E-state index contributed by atoms with van der Waals surface area (Å²) in [6, 6.07) is 5.99. The van der Waals surface area contributed by atoms with Crippen LogP contribution in [0.25, 0.3) is 10.9 Å². The molecular weight excluding hydrogens is 432 g/mol. The molecule has 0 atom stereocenters. The zero-order chi connectivity index (χ0) is 23.5. The maximum atomic E-state index is 6.03. The molecule has 0 unspecified atom stereocenters. The van der Waals surface area contributed by atoms with E-state index in [1.54, 1.807) is 14.2 Å². The van der Waals surface area contributed by atoms with Crippen molar-refractivity contribution < 1.29 is 14.2 Å². The zero-order valence-corrected chi connectivity index (χ0v) is 20.3. The number of hydrogen-bond donors (Lipinski definition) is 2. The van der Waals surface area contributed by atoms with Crippen molar-refractivity contribution in [2.75, 3.05) is 44.1 Å². The van der Waals surface area contributed by atoms with Crippen LogP contribution in [0.15, 0.2) is 18.2 Å². The number of aromatic amines is 1. The minimum Gasteiger partial charge on any atom is -0.493 e. The summed E-state index contributed by atoms with van der Waals surface area (Å²) in [6.45, 7) is 4.50. The van der Waals surface area contributed by atoms with Gasteiger partial charge in [0, 0.05) is 49.3 Å². The topological polar surface area (TPSA) is 97.4 Å². The molecule has 1 aromatic carbocycles. The lowest BCUT2D eigenvalue weighted by atomic mass is 10.1. The van der Waals surface area contributed by atoms with Gasteiger partial charge in [-0.1, -0.05) is 13.3 Å². The second kappa shape index (κ2) is 10.0. The van der Waals surface area contributed by atoms with E-state index < -0.39 is 0 Å². The van der Waals surface area contributed by atoms with Gasteiger partial charge in [-0.15, -0.1) is 0 Å². The predicted octanol–water partition coefficient (Wildman–Crippen LogP) is 4.78. The number of ether oxygens (including phenoxy) is 3. The Hall–Kier alpha value is -3.07. The SMILES string of the molecule is CCCCOc1cc2nc(N3CCC(OC)CC3)nc(Nc3cc(C4CC4)[nH]n3)c2cc1OC. The van der Waals surface area contributed by atoms with E-state index in [4.69, 9.17) is 24.2 Å². The molecule has 1 saturated heterocycles. The molecule has 0 amide bonds. The summed E-state index contributed by atoms with van der Waals surface area (Å²) >= 11 is 0. The predicted molar refractivity (Wildman–Crippen MR) is 133 cm³/mol. The van der Waals surface area contributed by atoms with Gasteiger partial charge in [0.15, 0.2) is 17.3 Å². The number of rotatable bonds is 10. The summed E-state index contributed by atoms with van der Waals surface area (Å²) in [4.78, 5) is 12.1. The van der Waals surface area contributed by atoms with Crippen molar-refractivity contribution in [1.29, 1.82) is 0 Å². The van der Waals surface area contributed by atoms with Crippen LogP contribution in [0, 0.1) is 0 Å². The fourth-order valence-corrected chi connectivity index (χ4v) is 4.38. The highest BCUT2D eigenvalue weighted by Crippen LogP contribution is 2.40. The molecule has 3 heterocycles. The molecular formula is C25H34N6O3. The highest BCUT2D eigenvalue weighted by Gasteiger charge is 2.26. The van der Waals surface area contributed by atoms with Crippen LogP contribution >= 0.6 is 0 Å². The van der Waals surface area contributed by atoms with Gasteiger partial charge in [-0.2, -0.15) is 10.1 Å². The van der Waals surface area contributed by atoms with Crippen molar-refractivity contribution in [3.05, 3.63) is 23.9 Å². The molecule has 2 aromatic heterocycles. The second-order valence-corrected chi connectivity index (χ2v) is 9.12. The van der Waals surface area contributed by atoms with Crippen LogP contribution in [0.1, 0.15) is 57.1 Å². The molecule has 1 saturated carbocycles. The number of unbranched alkanes of at least 4 members (excludes halogenated alkanes) is 1. The molecule has 5 rings (SSSR count). The Labute approximate surface area is 200 Å². The van der Waals surface area contributed by atoms with Crippen LogP contribution in [0.2, 0.25) is 0 Å². The number of aromatic nitrogens is 4. The fourth-order valence-electron chi connectivity index (χ4n) is 4.38. The quantitative estimate of drug-likeness (QED) is 0.412. The molecule has 1 aliphatic carbocycles. The van der Waals surface area contributed by atoms with Crippen LogP contribution in [-0.4, -0.2) is 60.2 Å². The average molecular weight is 467 g/mol. The number of anilines is 3. The first-order valence-corrected chi connectivity index (χ1v) is 12.3. The Balaban J connectivity index is 1.51. The van der Waals surface area contributed by atoms with Crippen molar-refractivity contribution in [1.82, 2.24) is 20.2 Å². The number of nitrogens with one attached hydrogen (secondary N) is 2. The number of benzene rings is 1. The molecule has 9 nitrogen and oxygen atoms in total. The van der Waals surface area contributed by atoms with Crippen molar-refractivity contribution >= 4 is 28.5 Å². The minimum absolute atomic E-state index is 0.294. The van der Waals surface area contributed by atoms with E-state index in [2.05, 4.69) is 33.4 Å². The lowest BCUT2D eigenvalue weighted by molar-refractivity contribution is 0.0817. The summed E-state index contributed by atoms with van der Waals surface area (Å²) in [7, 11) is 3.44. The highest BCUT2D eigenvalue weighted by molar-refractivity contribution is 5.94. The van der Waals surface area contributed by atoms with Gasteiger partial charge in [0.1, 0.15) is 5.82 Å². The van der Waals surface area contributed by atoms with Crippen LogP contribution in [-0.2, 0) is 4.74 Å². The van der Waals surface area contributed by atoms with E-state index in [0.29, 0.717) is 41.9 Å². The third-order valence-corrected chi connectivity index (χ3v) is 6.64. The highest BCUT2D eigenvalue weighted by atomic mass is 16.5. The van der Waals surface area contributed by atoms with Gasteiger partial charge in [-0.05, 0) is 38.2 Å². The van der Waals surface area contributed by atoms with Crippen molar-refractivity contribution in [3.63, 3.8) is 0 Å². The Morgan fingerprint density at radius 1 is 1.06 bits per heavy atom. The van der Waals surface area contributed by atoms with Gasteiger partial charge >= 0.3 is 0 Å². The lowest BCUT2D eigenvalue weighted by Crippen LogP contribution is -2.37. The normalized spacial score (nSPS) is 16.7. The van der Waals surface area contributed by atoms with Crippen LogP contribution in [0.3, 0.4) is 0 Å². The molecule has 182 valence electrons. The van der Waals surface area contributed by atoms with E-state index in [1.807, 2.05) is 12.1 Å². The van der Waals surface area contributed by atoms with Crippen LogP contribution in [0.5, 0.6) is 11.5 Å². The maximum Gasteiger partial charge on any atom is 0.227 e. The molecule has 2 fully saturated rings. The Morgan fingerprint density at radius 3 is 2.59 bits per heavy atom. The number of H-pyrrole nitrogens is 1. The maximum absolute atomic E-state index is 6.03. The largest absolute Gasteiger partial charge is 0.493 e. The minimum atomic E-state index is 0.294. The van der Waals surface area contributed by atoms with E-state index in [0.717, 1.165) is 55.5 Å². The second-order valence-electron chi connectivity index (χ2n) is 9.12. The van der Waals surface area contributed by atoms with Gasteiger partial charge in [-0.25, -0.2) is 4.98 Å². The first kappa shape index (κ1) is 22.7. The van der Waals surface area contributed by atoms with E-state index in [1.165, 1.54) is 18.5 Å². The zero-order valence-electron chi connectivity index (χ0n) is 20.3. The van der Waals surface area contributed by atoms with E-state index in [-0.39, 0.29) is 0 Å². The Morgan fingerprint density at radius 2 is 1.88 bits per heavy atom. The number of hydrogen-bond acceptors (Lipinski definition) is 8. The van der Waals surface area contributed by atoms with Crippen molar-refractivity contribution in [2.45, 2.75) is 57.5 Å². The summed E-state index contributed by atoms with van der Waals surface area (Å²) in [5, 5.41) is 11.9. The van der Waals surface area contributed by atoms with Crippen LogP contribution in [0.4, 0.5) is 17.6 Å². The van der Waals surface area contributed by atoms with Gasteiger partial charge < -0.3 is 24.4 Å². The van der Waals surface area contributed by atoms with Crippen molar-refractivity contribution in [3.8, 4) is 11.5 Å². The van der Waals surface area contributed by atoms with E-state index in [9.17, 15) is 0 Å². The lowest BCUT2D eigenvalue weighted by Gasteiger charge is -2.31. The first-order chi connectivity index (χ1) is 16.7. The molecule has 34 heavy (non-hydrogen) atoms. The summed E-state index contributed by atoms with van der Waals surface area (Å²) < 4.78 is 17.2. The molecule has 2 N–H and O–H groups in total. The van der Waals surface area contributed by atoms with Gasteiger partial charge in [0.05, 0.1) is 25.3 Å². The number of nitrogens with zero attached hydrogens (tertiary/aromatic N) is 4. The third kappa shape index (κ3) is 4.89. The molecule has 0 bridgehead atoms. The van der Waals surface area contributed by atoms with Gasteiger partial charge in [-0.3, -0.25) is 5.10 Å². The molecule has 2 aliphatic rings. The summed E-state index contributed by atoms with van der Waals surface area (Å²) in [5.41, 5.74) is 1.98. The smallest absolute Gasteiger partial charge is 0.227 e. The van der Waals surface area contributed by atoms with Crippen molar-refractivity contribution in [2.24, 2.45) is 0 Å². The summed E-state index contributed by atoms with van der Waals surface area (Å²) in [6.07, 6.45) is 6.70. The number of fused-ring (bicyclic) bond motifs is 1. The first-order valence-electron chi connectivity index (χ1n) is 12.3. The molecule has 3 aromatic rings. The number of methoxy groups -OCH3 is 2. The molecule has 9 heteroatoms. The molecule has 1 aliphatic heterocycles. The summed E-state index contributed by atoms with van der Waals surface area (Å²) in [5.74, 6) is 4.14. The van der Waals surface area contributed by atoms with Gasteiger partial charge in [0.2, 0.25) is 5.95 Å². The van der Waals surface area contributed by atoms with E-state index >= 15 is 0 Å². The molecule has 0 radical (unpaired) electrons. The Bertz CT molecular complexity index is 1120. The third-order valence-electron chi connectivity index (χ3n) is 6.64. The number of piperidine rings is 1.